The highest BCUT2D eigenvalue weighted by molar-refractivity contribution is 5.80. The summed E-state index contributed by atoms with van der Waals surface area (Å²) >= 11 is 0. The van der Waals surface area contributed by atoms with E-state index in [1.165, 1.54) is 148 Å². The molecular formula is C50H95NO10. The van der Waals surface area contributed by atoms with Crippen LogP contribution in [0.15, 0.2) is 24.3 Å². The molecule has 61 heavy (non-hydrogen) atoms. The van der Waals surface area contributed by atoms with Crippen LogP contribution in [0.2, 0.25) is 0 Å². The van der Waals surface area contributed by atoms with Crippen molar-refractivity contribution in [2.75, 3.05) is 13.2 Å². The molecule has 9 atom stereocenters. The Morgan fingerprint density at radius 2 is 1.02 bits per heavy atom. The van der Waals surface area contributed by atoms with Gasteiger partial charge in [-0.2, -0.15) is 0 Å². The molecule has 1 aliphatic heterocycles. The summed E-state index contributed by atoms with van der Waals surface area (Å²) in [4.78, 5) is 12.9. The van der Waals surface area contributed by atoms with E-state index in [0.717, 1.165) is 32.1 Å². The maximum atomic E-state index is 12.9. The summed E-state index contributed by atoms with van der Waals surface area (Å²) < 4.78 is 10.9. The molecule has 1 aliphatic rings. The first-order valence-corrected chi connectivity index (χ1v) is 25.2. The average Bonchev–Trinajstić information content (AvgIpc) is 3.26. The number of carbonyl (C=O) groups is 1. The lowest BCUT2D eigenvalue weighted by Gasteiger charge is -2.40. The van der Waals surface area contributed by atoms with Crippen molar-refractivity contribution in [2.24, 2.45) is 0 Å². The molecule has 1 heterocycles. The first-order valence-electron chi connectivity index (χ1n) is 25.2. The van der Waals surface area contributed by atoms with Crippen molar-refractivity contribution in [3.05, 3.63) is 24.3 Å². The third kappa shape index (κ3) is 29.6. The minimum atomic E-state index is -1.66. The van der Waals surface area contributed by atoms with Gasteiger partial charge in [0, 0.05) is 0 Å². The minimum absolute atomic E-state index is 0.259. The number of unbranched alkanes of at least 4 members (excludes halogenated alkanes) is 26. The Kier molecular flexibility index (Phi) is 37.9. The van der Waals surface area contributed by atoms with Crippen LogP contribution in [0.3, 0.4) is 0 Å². The van der Waals surface area contributed by atoms with Gasteiger partial charge in [0.25, 0.3) is 0 Å². The highest BCUT2D eigenvalue weighted by Crippen LogP contribution is 2.23. The summed E-state index contributed by atoms with van der Waals surface area (Å²) in [7, 11) is 0. The highest BCUT2D eigenvalue weighted by Gasteiger charge is 2.44. The van der Waals surface area contributed by atoms with E-state index in [4.69, 9.17) is 9.47 Å². The molecule has 1 fully saturated rings. The van der Waals surface area contributed by atoms with Crippen molar-refractivity contribution in [3.8, 4) is 0 Å². The van der Waals surface area contributed by atoms with Gasteiger partial charge in [-0.1, -0.05) is 199 Å². The summed E-state index contributed by atoms with van der Waals surface area (Å²) in [6.07, 6.45) is 35.6. The molecule has 360 valence electrons. The SMILES string of the molecule is CCCCCCCCCCC/C=C\C/C=C\CCCCCCCCCCCCCCCCCCC(O)C(=O)NC(COC1OC(CO)C(O)C(O)C1O)C(O)C(O)CCCC. The Hall–Kier alpha value is -1.41. The van der Waals surface area contributed by atoms with Gasteiger partial charge in [-0.25, -0.2) is 0 Å². The molecule has 11 heteroatoms. The van der Waals surface area contributed by atoms with Crippen LogP contribution in [0.5, 0.6) is 0 Å². The molecule has 0 spiro atoms. The molecule has 0 bridgehead atoms. The van der Waals surface area contributed by atoms with E-state index >= 15 is 0 Å². The number of hydrogen-bond donors (Lipinski definition) is 8. The second kappa shape index (κ2) is 40.1. The molecule has 0 aromatic rings. The molecule has 9 unspecified atom stereocenters. The van der Waals surface area contributed by atoms with E-state index < -0.39 is 74.2 Å². The van der Waals surface area contributed by atoms with Gasteiger partial charge in [-0.3, -0.25) is 4.79 Å². The first-order chi connectivity index (χ1) is 29.7. The van der Waals surface area contributed by atoms with Crippen LogP contribution in [0.1, 0.15) is 219 Å². The fraction of sp³-hybridized carbons (Fsp3) is 0.900. The Morgan fingerprint density at radius 1 is 0.574 bits per heavy atom. The van der Waals surface area contributed by atoms with Gasteiger partial charge in [0.2, 0.25) is 5.91 Å². The van der Waals surface area contributed by atoms with Crippen LogP contribution in [0.25, 0.3) is 0 Å². The van der Waals surface area contributed by atoms with Crippen molar-refractivity contribution in [1.29, 1.82) is 0 Å². The summed E-state index contributed by atoms with van der Waals surface area (Å²) in [6, 6.07) is -1.16. The monoisotopic (exact) mass is 870 g/mol. The lowest BCUT2D eigenvalue weighted by molar-refractivity contribution is -0.303. The maximum absolute atomic E-state index is 12.9. The number of nitrogens with one attached hydrogen (secondary N) is 1. The molecule has 1 rings (SSSR count). The Morgan fingerprint density at radius 3 is 1.48 bits per heavy atom. The van der Waals surface area contributed by atoms with E-state index in [2.05, 4.69) is 36.5 Å². The van der Waals surface area contributed by atoms with Gasteiger partial charge in [-0.05, 0) is 44.9 Å². The second-order valence-electron chi connectivity index (χ2n) is 17.9. The smallest absolute Gasteiger partial charge is 0.249 e. The third-order valence-corrected chi connectivity index (χ3v) is 12.3. The van der Waals surface area contributed by atoms with E-state index in [1.54, 1.807) is 0 Å². The lowest BCUT2D eigenvalue weighted by Crippen LogP contribution is -2.60. The maximum Gasteiger partial charge on any atom is 0.249 e. The normalized spacial score (nSPS) is 21.6. The topological polar surface area (TPSA) is 189 Å². The Bertz CT molecular complexity index is 1040. The first kappa shape index (κ1) is 57.6. The molecule has 0 aliphatic carbocycles. The van der Waals surface area contributed by atoms with Crippen LogP contribution < -0.4 is 5.32 Å². The Labute approximate surface area is 372 Å². The van der Waals surface area contributed by atoms with E-state index in [0.29, 0.717) is 12.8 Å². The largest absolute Gasteiger partial charge is 0.394 e. The van der Waals surface area contributed by atoms with Gasteiger partial charge >= 0.3 is 0 Å². The third-order valence-electron chi connectivity index (χ3n) is 12.3. The number of aliphatic hydroxyl groups is 7. The van der Waals surface area contributed by atoms with Gasteiger partial charge in [0.1, 0.15) is 36.6 Å². The Balaban J connectivity index is 2.04. The molecule has 0 aromatic heterocycles. The molecule has 1 amide bonds. The van der Waals surface area contributed by atoms with E-state index in [1.807, 2.05) is 6.92 Å². The molecule has 0 aromatic carbocycles. The van der Waals surface area contributed by atoms with E-state index in [-0.39, 0.29) is 12.8 Å². The number of allylic oxidation sites excluding steroid dienone is 4. The number of aliphatic hydroxyl groups excluding tert-OH is 7. The average molecular weight is 870 g/mol. The zero-order valence-electron chi connectivity index (χ0n) is 38.9. The van der Waals surface area contributed by atoms with Crippen molar-refractivity contribution in [2.45, 2.75) is 274 Å². The second-order valence-corrected chi connectivity index (χ2v) is 17.9. The van der Waals surface area contributed by atoms with Crippen LogP contribution in [0.4, 0.5) is 0 Å². The van der Waals surface area contributed by atoms with Crippen LogP contribution in [0, 0.1) is 0 Å². The number of amides is 1. The fourth-order valence-electron chi connectivity index (χ4n) is 8.05. The van der Waals surface area contributed by atoms with Crippen LogP contribution >= 0.6 is 0 Å². The zero-order chi connectivity index (χ0) is 44.8. The summed E-state index contributed by atoms with van der Waals surface area (Å²) in [5.74, 6) is -0.708. The number of hydrogen-bond acceptors (Lipinski definition) is 10. The quantitative estimate of drug-likeness (QED) is 0.0217. The van der Waals surface area contributed by atoms with E-state index in [9.17, 15) is 40.5 Å². The van der Waals surface area contributed by atoms with Crippen LogP contribution in [-0.2, 0) is 14.3 Å². The van der Waals surface area contributed by atoms with Crippen molar-refractivity contribution < 1.29 is 50.0 Å². The van der Waals surface area contributed by atoms with Gasteiger partial charge < -0.3 is 50.5 Å². The molecule has 11 nitrogen and oxygen atoms in total. The van der Waals surface area contributed by atoms with Gasteiger partial charge in [0.15, 0.2) is 6.29 Å². The molecule has 0 radical (unpaired) electrons. The number of rotatable bonds is 42. The standard InChI is InChI=1S/C50H95NO10/c1-3-5-7-8-9-10-11-12-13-14-15-16-17-18-19-20-21-22-23-24-25-26-27-28-29-30-31-32-33-34-35-36-38-43(54)49(59)51-41(45(55)42(53)37-6-4-2)40-60-50-48(58)47(57)46(56)44(39-52)61-50/h15-16,18-19,41-48,50,52-58H,3-14,17,20-40H2,1-2H3,(H,51,59)/b16-15-,19-18-. The fourth-order valence-corrected chi connectivity index (χ4v) is 8.05. The lowest BCUT2D eigenvalue weighted by atomic mass is 9.99. The molecular weight excluding hydrogens is 775 g/mol. The van der Waals surface area contributed by atoms with Crippen molar-refractivity contribution >= 4 is 5.91 Å². The summed E-state index contributed by atoms with van der Waals surface area (Å²) in [5, 5.41) is 74.4. The van der Waals surface area contributed by atoms with Crippen molar-refractivity contribution in [3.63, 3.8) is 0 Å². The minimum Gasteiger partial charge on any atom is -0.394 e. The predicted molar refractivity (Wildman–Crippen MR) is 247 cm³/mol. The molecule has 0 saturated carbocycles. The zero-order valence-corrected chi connectivity index (χ0v) is 38.9. The summed E-state index contributed by atoms with van der Waals surface area (Å²) in [6.45, 7) is 3.17. The highest BCUT2D eigenvalue weighted by atomic mass is 16.7. The predicted octanol–water partition coefficient (Wildman–Crippen LogP) is 9.01. The number of carbonyl (C=O) groups excluding carboxylic acids is 1. The van der Waals surface area contributed by atoms with Gasteiger partial charge in [0.05, 0.1) is 25.4 Å². The summed E-state index contributed by atoms with van der Waals surface area (Å²) in [5.41, 5.74) is 0. The molecule has 1 saturated heterocycles. The molecule has 8 N–H and O–H groups in total. The number of ether oxygens (including phenoxy) is 2. The van der Waals surface area contributed by atoms with Crippen LogP contribution in [-0.4, -0.2) is 110 Å². The van der Waals surface area contributed by atoms with Crippen molar-refractivity contribution in [1.82, 2.24) is 5.32 Å². The van der Waals surface area contributed by atoms with Gasteiger partial charge in [-0.15, -0.1) is 0 Å².